The number of nitrogens with one attached hydrogen (secondary N) is 1. The van der Waals surface area contributed by atoms with E-state index in [0.717, 1.165) is 5.56 Å². The molecule has 0 bridgehead atoms. The Morgan fingerprint density at radius 1 is 1.26 bits per heavy atom. The molecule has 0 saturated carbocycles. The van der Waals surface area contributed by atoms with E-state index < -0.39 is 0 Å². The Hall–Kier alpha value is -0.940. The van der Waals surface area contributed by atoms with Gasteiger partial charge in [-0.05, 0) is 36.2 Å². The summed E-state index contributed by atoms with van der Waals surface area (Å²) in [5.41, 5.74) is 4.18. The second-order valence-electron chi connectivity index (χ2n) is 4.22. The molecule has 100 valence electrons. The minimum absolute atomic E-state index is 0.292. The normalized spacial score (nSPS) is 12.4. The highest BCUT2D eigenvalue weighted by molar-refractivity contribution is 9.10. The van der Waals surface area contributed by atoms with Crippen LogP contribution < -0.4 is 11.3 Å². The van der Waals surface area contributed by atoms with Crippen molar-refractivity contribution in [2.24, 2.45) is 5.84 Å². The molecule has 0 aliphatic rings. The van der Waals surface area contributed by atoms with Crippen molar-refractivity contribution in [1.29, 1.82) is 0 Å². The molecule has 19 heavy (non-hydrogen) atoms. The van der Waals surface area contributed by atoms with Gasteiger partial charge in [0.05, 0.1) is 6.04 Å². The van der Waals surface area contributed by atoms with Crippen molar-refractivity contribution in [3.05, 3.63) is 68.9 Å². The Morgan fingerprint density at radius 3 is 2.68 bits per heavy atom. The summed E-state index contributed by atoms with van der Waals surface area (Å²) in [6.07, 6.45) is 0.565. The lowest BCUT2D eigenvalue weighted by Gasteiger charge is -2.17. The molecule has 0 spiro atoms. The van der Waals surface area contributed by atoms with Gasteiger partial charge in [0.15, 0.2) is 0 Å². The number of halogens is 3. The lowest BCUT2D eigenvalue weighted by molar-refractivity contribution is 0.510. The molecule has 0 aliphatic heterocycles. The van der Waals surface area contributed by atoms with Gasteiger partial charge in [0.2, 0.25) is 0 Å². The quantitative estimate of drug-likeness (QED) is 0.651. The minimum atomic E-state index is -0.299. The molecule has 2 aromatic carbocycles. The van der Waals surface area contributed by atoms with E-state index in [1.54, 1.807) is 18.2 Å². The van der Waals surface area contributed by atoms with Crippen LogP contribution in [-0.4, -0.2) is 0 Å². The molecule has 2 rings (SSSR count). The van der Waals surface area contributed by atoms with Gasteiger partial charge in [-0.1, -0.05) is 45.7 Å². The van der Waals surface area contributed by atoms with Gasteiger partial charge in [-0.15, -0.1) is 0 Å². The fraction of sp³-hybridized carbons (Fsp3) is 0.143. The molecule has 0 radical (unpaired) electrons. The summed E-state index contributed by atoms with van der Waals surface area (Å²) in [5.74, 6) is 5.24. The zero-order valence-corrected chi connectivity index (χ0v) is 12.4. The van der Waals surface area contributed by atoms with Crippen molar-refractivity contribution >= 4 is 27.5 Å². The second-order valence-corrected chi connectivity index (χ2v) is 5.57. The Morgan fingerprint density at radius 2 is 2.05 bits per heavy atom. The van der Waals surface area contributed by atoms with Crippen molar-refractivity contribution in [3.63, 3.8) is 0 Å². The molecule has 0 fully saturated rings. The molecule has 0 aromatic heterocycles. The van der Waals surface area contributed by atoms with Gasteiger partial charge in [0.25, 0.3) is 0 Å². The topological polar surface area (TPSA) is 38.0 Å². The zero-order valence-electron chi connectivity index (χ0n) is 10.0. The lowest BCUT2D eigenvalue weighted by Crippen LogP contribution is -2.30. The molecule has 0 saturated heterocycles. The first kappa shape index (κ1) is 14.5. The molecule has 2 aromatic rings. The number of hydrogen-bond donors (Lipinski definition) is 2. The van der Waals surface area contributed by atoms with Gasteiger partial charge in [0, 0.05) is 15.1 Å². The predicted octanol–water partition coefficient (Wildman–Crippen LogP) is 3.99. The van der Waals surface area contributed by atoms with Crippen LogP contribution in [0.25, 0.3) is 0 Å². The summed E-state index contributed by atoms with van der Waals surface area (Å²) in [7, 11) is 0. The average molecular weight is 344 g/mol. The van der Waals surface area contributed by atoms with Crippen molar-refractivity contribution in [2.75, 3.05) is 0 Å². The Labute approximate surface area is 124 Å². The first-order valence-electron chi connectivity index (χ1n) is 5.75. The van der Waals surface area contributed by atoms with Crippen LogP contribution in [0.4, 0.5) is 4.39 Å². The summed E-state index contributed by atoms with van der Waals surface area (Å²) in [4.78, 5) is 0. The van der Waals surface area contributed by atoms with Crippen LogP contribution in [0.3, 0.4) is 0 Å². The minimum Gasteiger partial charge on any atom is -0.271 e. The van der Waals surface area contributed by atoms with Gasteiger partial charge >= 0.3 is 0 Å². The maximum absolute atomic E-state index is 13.9. The van der Waals surface area contributed by atoms with E-state index >= 15 is 0 Å². The molecule has 5 heteroatoms. The van der Waals surface area contributed by atoms with Crippen molar-refractivity contribution in [3.8, 4) is 0 Å². The molecule has 1 atom stereocenters. The molecule has 0 heterocycles. The van der Waals surface area contributed by atoms with Crippen LogP contribution in [-0.2, 0) is 6.42 Å². The fourth-order valence-electron chi connectivity index (χ4n) is 1.94. The van der Waals surface area contributed by atoms with Crippen LogP contribution in [0.5, 0.6) is 0 Å². The van der Waals surface area contributed by atoms with E-state index in [0.29, 0.717) is 21.5 Å². The van der Waals surface area contributed by atoms with Gasteiger partial charge in [-0.25, -0.2) is 4.39 Å². The molecule has 1 unspecified atom stereocenters. The summed E-state index contributed by atoms with van der Waals surface area (Å²) in [6.45, 7) is 0. The number of rotatable bonds is 4. The molecule has 0 aliphatic carbocycles. The summed E-state index contributed by atoms with van der Waals surface area (Å²) < 4.78 is 14.6. The van der Waals surface area contributed by atoms with E-state index in [1.165, 1.54) is 6.07 Å². The van der Waals surface area contributed by atoms with Crippen LogP contribution in [0.2, 0.25) is 5.02 Å². The van der Waals surface area contributed by atoms with Crippen molar-refractivity contribution in [2.45, 2.75) is 12.5 Å². The average Bonchev–Trinajstić information content (AvgIpc) is 2.37. The third-order valence-electron chi connectivity index (χ3n) is 2.87. The standard InChI is InChI=1S/C14H13BrClFN2/c15-10-4-5-12(13(17)8-10)14(19-18)7-9-2-1-3-11(16)6-9/h1-6,8,14,19H,7,18H2. The molecule has 0 amide bonds. The van der Waals surface area contributed by atoms with E-state index in [-0.39, 0.29) is 11.9 Å². The monoisotopic (exact) mass is 342 g/mol. The van der Waals surface area contributed by atoms with Crippen LogP contribution in [0, 0.1) is 5.82 Å². The third-order valence-corrected chi connectivity index (χ3v) is 3.60. The number of hydrogen-bond acceptors (Lipinski definition) is 2. The smallest absolute Gasteiger partial charge is 0.129 e. The Balaban J connectivity index is 2.25. The van der Waals surface area contributed by atoms with E-state index in [1.807, 2.05) is 18.2 Å². The lowest BCUT2D eigenvalue weighted by atomic mass is 9.99. The third kappa shape index (κ3) is 3.76. The first-order chi connectivity index (χ1) is 9.10. The first-order valence-corrected chi connectivity index (χ1v) is 6.93. The highest BCUT2D eigenvalue weighted by Gasteiger charge is 2.15. The molecule has 3 N–H and O–H groups in total. The highest BCUT2D eigenvalue weighted by Crippen LogP contribution is 2.24. The number of nitrogens with two attached hydrogens (primary N) is 1. The van der Waals surface area contributed by atoms with Crippen LogP contribution in [0.1, 0.15) is 17.2 Å². The Kier molecular flexibility index (Phi) is 4.93. The van der Waals surface area contributed by atoms with Gasteiger partial charge in [-0.2, -0.15) is 0 Å². The van der Waals surface area contributed by atoms with Gasteiger partial charge in [0.1, 0.15) is 5.82 Å². The summed E-state index contributed by atoms with van der Waals surface area (Å²) in [6, 6.07) is 12.1. The zero-order chi connectivity index (χ0) is 13.8. The molecule has 2 nitrogen and oxygen atoms in total. The Bertz CT molecular complexity index is 577. The number of benzene rings is 2. The maximum atomic E-state index is 13.9. The molecular weight excluding hydrogens is 331 g/mol. The van der Waals surface area contributed by atoms with E-state index in [2.05, 4.69) is 21.4 Å². The maximum Gasteiger partial charge on any atom is 0.129 e. The second kappa shape index (κ2) is 6.48. The van der Waals surface area contributed by atoms with Crippen LogP contribution in [0.15, 0.2) is 46.9 Å². The van der Waals surface area contributed by atoms with Crippen molar-refractivity contribution < 1.29 is 4.39 Å². The van der Waals surface area contributed by atoms with E-state index in [4.69, 9.17) is 17.4 Å². The molecular formula is C14H13BrClFN2. The van der Waals surface area contributed by atoms with E-state index in [9.17, 15) is 4.39 Å². The van der Waals surface area contributed by atoms with Crippen LogP contribution >= 0.6 is 27.5 Å². The SMILES string of the molecule is NNC(Cc1cccc(Cl)c1)c1ccc(Br)cc1F. The fourth-order valence-corrected chi connectivity index (χ4v) is 2.49. The number of hydrazine groups is 1. The van der Waals surface area contributed by atoms with Gasteiger partial charge in [-0.3, -0.25) is 11.3 Å². The summed E-state index contributed by atoms with van der Waals surface area (Å²) in [5, 5.41) is 0.657. The van der Waals surface area contributed by atoms with Gasteiger partial charge < -0.3 is 0 Å². The summed E-state index contributed by atoms with van der Waals surface area (Å²) >= 11 is 9.17. The largest absolute Gasteiger partial charge is 0.271 e. The predicted molar refractivity (Wildman–Crippen MR) is 79.3 cm³/mol. The van der Waals surface area contributed by atoms with Crippen molar-refractivity contribution in [1.82, 2.24) is 5.43 Å². The highest BCUT2D eigenvalue weighted by atomic mass is 79.9.